The summed E-state index contributed by atoms with van der Waals surface area (Å²) >= 11 is 0. The largest absolute Gasteiger partial charge is 0.481 e. The molecule has 0 aromatic heterocycles. The molecule has 4 saturated carbocycles. The van der Waals surface area contributed by atoms with E-state index in [0.717, 1.165) is 57.8 Å². The second kappa shape index (κ2) is 16.7. The van der Waals surface area contributed by atoms with Gasteiger partial charge < -0.3 is 74.4 Å². The van der Waals surface area contributed by atoms with E-state index in [2.05, 4.69) is 54.5 Å². The Kier molecular flexibility index (Phi) is 12.8. The molecule has 360 valence electrons. The summed E-state index contributed by atoms with van der Waals surface area (Å²) < 4.78 is 35.7. The highest BCUT2D eigenvalue weighted by Crippen LogP contribution is 2.76. The maximum absolute atomic E-state index is 13.1. The second-order valence-corrected chi connectivity index (χ2v) is 23.0. The quantitative estimate of drug-likeness (QED) is 0.125. The summed E-state index contributed by atoms with van der Waals surface area (Å²) in [6, 6.07) is 0. The maximum Gasteiger partial charge on any atom is 0.310 e. The first kappa shape index (κ1) is 48.1. The van der Waals surface area contributed by atoms with Crippen molar-refractivity contribution in [1.29, 1.82) is 0 Å². The Morgan fingerprint density at radius 1 is 0.714 bits per heavy atom. The molecular formula is C47H76O16. The molecule has 0 aromatic carbocycles. The van der Waals surface area contributed by atoms with Crippen LogP contribution in [0.15, 0.2) is 11.6 Å². The van der Waals surface area contributed by atoms with Gasteiger partial charge in [0.25, 0.3) is 0 Å². The third-order valence-corrected chi connectivity index (χ3v) is 19.0. The summed E-state index contributed by atoms with van der Waals surface area (Å²) in [5.41, 5.74) is 0.318. The van der Waals surface area contributed by atoms with E-state index < -0.39 is 111 Å². The smallest absolute Gasteiger partial charge is 0.310 e. The van der Waals surface area contributed by atoms with E-state index in [1.165, 1.54) is 5.57 Å². The summed E-state index contributed by atoms with van der Waals surface area (Å²) in [5, 5.41) is 96.1. The van der Waals surface area contributed by atoms with Gasteiger partial charge in [-0.2, -0.15) is 0 Å². The van der Waals surface area contributed by atoms with Crippen LogP contribution in [-0.4, -0.2) is 157 Å². The fraction of sp³-hybridized carbons (Fsp3) is 0.936. The van der Waals surface area contributed by atoms with Crippen LogP contribution in [0.2, 0.25) is 0 Å². The van der Waals surface area contributed by atoms with E-state index in [9.17, 15) is 50.8 Å². The number of aliphatic hydroxyl groups excluding tert-OH is 8. The number of rotatable bonds is 8. The van der Waals surface area contributed by atoms with Gasteiger partial charge in [-0.15, -0.1) is 0 Å². The number of hydrogen-bond acceptors (Lipinski definition) is 15. The van der Waals surface area contributed by atoms with E-state index in [-0.39, 0.29) is 45.0 Å². The molecule has 5 aliphatic carbocycles. The molecule has 8 rings (SSSR count). The summed E-state index contributed by atoms with van der Waals surface area (Å²) in [6.45, 7) is 17.1. The topological polar surface area (TPSA) is 255 Å². The molecular weight excluding hydrogens is 821 g/mol. The lowest BCUT2D eigenvalue weighted by molar-refractivity contribution is -0.369. The molecule has 16 nitrogen and oxygen atoms in total. The third kappa shape index (κ3) is 7.51. The van der Waals surface area contributed by atoms with Crippen molar-refractivity contribution in [1.82, 2.24) is 0 Å². The Morgan fingerprint density at radius 2 is 1.38 bits per heavy atom. The Morgan fingerprint density at radius 3 is 2.06 bits per heavy atom. The molecule has 0 unspecified atom stereocenters. The molecule has 16 heteroatoms. The fourth-order valence-corrected chi connectivity index (χ4v) is 14.8. The lowest BCUT2D eigenvalue weighted by Gasteiger charge is -2.71. The molecule has 9 N–H and O–H groups in total. The Bertz CT molecular complexity index is 1720. The molecule has 0 bridgehead atoms. The molecule has 3 aliphatic heterocycles. The first-order valence-electron chi connectivity index (χ1n) is 23.6. The summed E-state index contributed by atoms with van der Waals surface area (Å²) in [6.07, 6.45) is -9.54. The predicted molar refractivity (Wildman–Crippen MR) is 223 cm³/mol. The van der Waals surface area contributed by atoms with Crippen molar-refractivity contribution in [2.45, 2.75) is 212 Å². The van der Waals surface area contributed by atoms with Gasteiger partial charge in [0.1, 0.15) is 61.0 Å². The van der Waals surface area contributed by atoms with Crippen LogP contribution in [0.25, 0.3) is 0 Å². The van der Waals surface area contributed by atoms with Crippen molar-refractivity contribution in [2.24, 2.45) is 50.2 Å². The Balaban J connectivity index is 0.945. The van der Waals surface area contributed by atoms with Gasteiger partial charge in [0.2, 0.25) is 0 Å². The van der Waals surface area contributed by atoms with Gasteiger partial charge in [0.15, 0.2) is 18.9 Å². The number of allylic oxidation sites excluding steroid dienone is 2. The summed E-state index contributed by atoms with van der Waals surface area (Å²) in [4.78, 5) is 13.1. The van der Waals surface area contributed by atoms with Crippen LogP contribution in [-0.2, 0) is 33.2 Å². The highest BCUT2D eigenvalue weighted by atomic mass is 16.8. The fourth-order valence-electron chi connectivity index (χ4n) is 14.8. The van der Waals surface area contributed by atoms with Gasteiger partial charge in [0, 0.05) is 0 Å². The predicted octanol–water partition coefficient (Wildman–Crippen LogP) is 2.37. The highest BCUT2D eigenvalue weighted by molar-refractivity contribution is 5.76. The van der Waals surface area contributed by atoms with Crippen LogP contribution in [0.3, 0.4) is 0 Å². The van der Waals surface area contributed by atoms with Crippen molar-refractivity contribution in [3.8, 4) is 0 Å². The first-order chi connectivity index (χ1) is 29.4. The number of aliphatic hydroxyl groups is 8. The molecule has 7 fully saturated rings. The average Bonchev–Trinajstić information content (AvgIpc) is 3.21. The number of fused-ring (bicyclic) bond motifs is 7. The van der Waals surface area contributed by atoms with Crippen molar-refractivity contribution in [3.63, 3.8) is 0 Å². The van der Waals surface area contributed by atoms with E-state index in [1.54, 1.807) is 6.92 Å². The lowest BCUT2D eigenvalue weighted by Crippen LogP contribution is -2.66. The van der Waals surface area contributed by atoms with Gasteiger partial charge >= 0.3 is 5.97 Å². The molecule has 8 aliphatic rings. The van der Waals surface area contributed by atoms with E-state index in [4.69, 9.17) is 28.4 Å². The monoisotopic (exact) mass is 897 g/mol. The second-order valence-electron chi connectivity index (χ2n) is 23.0. The van der Waals surface area contributed by atoms with Crippen LogP contribution in [0.5, 0.6) is 0 Å². The zero-order valence-corrected chi connectivity index (χ0v) is 38.3. The van der Waals surface area contributed by atoms with Gasteiger partial charge in [-0.05, 0) is 116 Å². The number of ether oxygens (including phenoxy) is 6. The number of hydrogen-bond donors (Lipinski definition) is 9. The van der Waals surface area contributed by atoms with Crippen molar-refractivity contribution in [3.05, 3.63) is 11.6 Å². The van der Waals surface area contributed by atoms with Crippen LogP contribution in [0.1, 0.15) is 120 Å². The normalized spacial score (nSPS) is 54.1. The zero-order chi connectivity index (χ0) is 46.0. The van der Waals surface area contributed by atoms with Crippen LogP contribution >= 0.6 is 0 Å². The minimum absolute atomic E-state index is 0.0113. The van der Waals surface area contributed by atoms with E-state index >= 15 is 0 Å². The van der Waals surface area contributed by atoms with Crippen LogP contribution in [0, 0.1) is 50.2 Å². The van der Waals surface area contributed by atoms with Gasteiger partial charge in [0.05, 0.1) is 30.8 Å². The minimum atomic E-state index is -1.76. The molecule has 0 spiro atoms. The summed E-state index contributed by atoms with van der Waals surface area (Å²) in [5.74, 6) is 0.0799. The van der Waals surface area contributed by atoms with Crippen molar-refractivity contribution >= 4 is 5.97 Å². The van der Waals surface area contributed by atoms with Crippen molar-refractivity contribution in [2.75, 3.05) is 13.2 Å². The molecule has 0 radical (unpaired) electrons. The van der Waals surface area contributed by atoms with Gasteiger partial charge in [-0.3, -0.25) is 4.79 Å². The highest BCUT2D eigenvalue weighted by Gasteiger charge is 2.70. The van der Waals surface area contributed by atoms with Gasteiger partial charge in [-0.1, -0.05) is 60.1 Å². The van der Waals surface area contributed by atoms with E-state index in [1.807, 2.05) is 0 Å². The van der Waals surface area contributed by atoms with Gasteiger partial charge in [-0.25, -0.2) is 0 Å². The molecule has 63 heavy (non-hydrogen) atoms. The SMILES string of the molecule is C[C@@H]1O[C@@H](O[C@H]2CC[C@]3(C)[C@H]4CC=C5[C@@H]6CC(C)(C)CC[C@]6(C(=O)O)CC[C@@]5(C)[C@]4(C)CC[C@H]3C2(C)C)[C@H](O)[C@H](O[C@@H]2OC[C@@H](O[C@@H]3O[C@H](CO)[C@@H](O)[C@H](O)[C@H]3O)[C@H](O)[C@H]2O)[C@H]1O. The molecule has 3 heterocycles. The minimum Gasteiger partial charge on any atom is -0.481 e. The summed E-state index contributed by atoms with van der Waals surface area (Å²) in [7, 11) is 0. The number of carbonyl (C=O) groups is 1. The average molecular weight is 897 g/mol. The van der Waals surface area contributed by atoms with Crippen LogP contribution in [0.4, 0.5) is 0 Å². The zero-order valence-electron chi connectivity index (χ0n) is 38.3. The molecule has 3 saturated heterocycles. The van der Waals surface area contributed by atoms with E-state index in [0.29, 0.717) is 12.3 Å². The number of carboxylic acids is 1. The first-order valence-corrected chi connectivity index (χ1v) is 23.6. The molecule has 0 aromatic rings. The standard InChI is InChI=1S/C47H76O16/c1-22-30(49)37(63-38-34(53)32(51)26(21-58-38)61-39-35(54)33(52)31(50)25(20-48)60-39)36(55)40(59-22)62-29-12-13-44(6)27(43(29,4)5)11-14-46(8)28(44)10-9-23-24-19-42(2,3)15-17-47(24,41(56)57)18-16-45(23,46)7/h9,22,24-40,48-55H,10-21H2,1-8H3,(H,56,57)/t22-,24-,25+,26+,27-,28+,29-,30-,31+,32-,33-,34+,35+,36+,37+,38-,39-,40-,44-,45+,46+,47-/m0/s1. The lowest BCUT2D eigenvalue weighted by atomic mass is 9.33. The van der Waals surface area contributed by atoms with Crippen molar-refractivity contribution < 1.29 is 79.2 Å². The maximum atomic E-state index is 13.1. The number of carboxylic acid groups (broad SMARTS) is 1. The number of aliphatic carboxylic acids is 1. The third-order valence-electron chi connectivity index (χ3n) is 19.0. The Labute approximate surface area is 371 Å². The molecule has 22 atom stereocenters. The van der Waals surface area contributed by atoms with Crippen LogP contribution < -0.4 is 0 Å². The molecule has 0 amide bonds. The Hall–Kier alpha value is -1.35.